The number of carbonyl (C=O) groups is 1. The molecule has 1 aromatic carbocycles. The van der Waals surface area contributed by atoms with Gasteiger partial charge in [-0.15, -0.1) is 0 Å². The van der Waals surface area contributed by atoms with Crippen molar-refractivity contribution in [2.24, 2.45) is 0 Å². The van der Waals surface area contributed by atoms with Crippen LogP contribution in [0.1, 0.15) is 0 Å². The predicted molar refractivity (Wildman–Crippen MR) is 44.4 cm³/mol. The summed E-state index contributed by atoms with van der Waals surface area (Å²) < 4.78 is 25.7. The average Bonchev–Trinajstić information content (AvgIpc) is 2.11. The molecule has 1 aromatic rings. The first kappa shape index (κ1) is 9.44. The van der Waals surface area contributed by atoms with E-state index in [9.17, 15) is 13.6 Å². The maximum absolute atomic E-state index is 12.9. The molecule has 0 saturated carbocycles. The number of benzene rings is 1. The van der Waals surface area contributed by atoms with E-state index in [4.69, 9.17) is 0 Å². The van der Waals surface area contributed by atoms with E-state index in [1.807, 2.05) is 5.32 Å². The fourth-order valence-corrected chi connectivity index (χ4v) is 0.793. The summed E-state index contributed by atoms with van der Waals surface area (Å²) >= 11 is 0. The van der Waals surface area contributed by atoms with E-state index in [2.05, 4.69) is 5.32 Å². The number of anilines is 1. The fourth-order valence-electron chi connectivity index (χ4n) is 0.793. The Bertz CT molecular complexity index is 308. The van der Waals surface area contributed by atoms with Crippen molar-refractivity contribution in [3.05, 3.63) is 29.8 Å². The van der Waals surface area contributed by atoms with E-state index in [1.54, 1.807) is 0 Å². The topological polar surface area (TPSA) is 41.1 Å². The predicted octanol–water partition coefficient (Wildman–Crippen LogP) is 1.72. The molecule has 0 aromatic heterocycles. The molecule has 0 unspecified atom stereocenters. The number of hydrogen-bond donors (Lipinski definition) is 2. The number of para-hydroxylation sites is 1. The number of carbonyl (C=O) groups excluding carboxylic acids is 1. The molecule has 0 saturated heterocycles. The van der Waals surface area contributed by atoms with Crippen LogP contribution < -0.4 is 10.6 Å². The summed E-state index contributed by atoms with van der Waals surface area (Å²) in [6.07, 6.45) is 0. The van der Waals surface area contributed by atoms with Gasteiger partial charge in [0.2, 0.25) is 0 Å². The monoisotopic (exact) mass is 186 g/mol. The Balaban J connectivity index is 2.93. The highest BCUT2D eigenvalue weighted by molar-refractivity contribution is 5.89. The van der Waals surface area contributed by atoms with Gasteiger partial charge in [0.25, 0.3) is 0 Å². The minimum absolute atomic E-state index is 0.443. The molecule has 0 aliphatic carbocycles. The van der Waals surface area contributed by atoms with Gasteiger partial charge < -0.3 is 10.6 Å². The van der Waals surface area contributed by atoms with Crippen LogP contribution in [0.4, 0.5) is 19.3 Å². The molecule has 0 spiro atoms. The normalized spacial score (nSPS) is 9.46. The Labute approximate surface area is 73.8 Å². The van der Waals surface area contributed by atoms with Crippen LogP contribution >= 0.6 is 0 Å². The third-order valence-corrected chi connectivity index (χ3v) is 1.43. The molecular formula is C8H8F2N2O. The molecule has 0 bridgehead atoms. The van der Waals surface area contributed by atoms with E-state index in [0.717, 1.165) is 12.1 Å². The molecule has 0 fully saturated rings. The van der Waals surface area contributed by atoms with Gasteiger partial charge in [-0.2, -0.15) is 0 Å². The smallest absolute Gasteiger partial charge is 0.319 e. The summed E-state index contributed by atoms with van der Waals surface area (Å²) in [6, 6.07) is 2.69. The first-order valence-corrected chi connectivity index (χ1v) is 3.58. The molecule has 3 nitrogen and oxygen atoms in total. The molecule has 0 atom stereocenters. The van der Waals surface area contributed by atoms with E-state index in [-0.39, 0.29) is 0 Å². The van der Waals surface area contributed by atoms with Crippen molar-refractivity contribution in [1.82, 2.24) is 5.32 Å². The lowest BCUT2D eigenvalue weighted by molar-refractivity contribution is 0.253. The van der Waals surface area contributed by atoms with E-state index in [0.29, 0.717) is 0 Å². The summed E-state index contributed by atoms with van der Waals surface area (Å²) in [5.41, 5.74) is -0.443. The van der Waals surface area contributed by atoms with Crippen molar-refractivity contribution < 1.29 is 13.6 Å². The molecular weight excluding hydrogens is 178 g/mol. The molecule has 2 N–H and O–H groups in total. The quantitative estimate of drug-likeness (QED) is 0.688. The van der Waals surface area contributed by atoms with Crippen molar-refractivity contribution >= 4 is 11.7 Å². The molecule has 5 heteroatoms. The lowest BCUT2D eigenvalue weighted by Gasteiger charge is -2.05. The van der Waals surface area contributed by atoms with Gasteiger partial charge in [-0.3, -0.25) is 0 Å². The average molecular weight is 186 g/mol. The van der Waals surface area contributed by atoms with Crippen LogP contribution in [0.3, 0.4) is 0 Å². The standard InChI is InChI=1S/C8H8F2N2O/c1-11-8(13)12-7-5(9)3-2-4-6(7)10/h2-4H,1H3,(H2,11,12,13). The van der Waals surface area contributed by atoms with Gasteiger partial charge in [0, 0.05) is 7.05 Å². The SMILES string of the molecule is CNC(=O)Nc1c(F)cccc1F. The van der Waals surface area contributed by atoms with Crippen LogP contribution in [-0.4, -0.2) is 13.1 Å². The Morgan fingerprint density at radius 1 is 1.31 bits per heavy atom. The van der Waals surface area contributed by atoms with Gasteiger partial charge in [-0.05, 0) is 12.1 Å². The number of rotatable bonds is 1. The highest BCUT2D eigenvalue weighted by Crippen LogP contribution is 2.17. The molecule has 70 valence electrons. The summed E-state index contributed by atoms with van der Waals surface area (Å²) in [7, 11) is 1.36. The van der Waals surface area contributed by atoms with Crippen molar-refractivity contribution in [2.75, 3.05) is 12.4 Å². The largest absolute Gasteiger partial charge is 0.341 e. The minimum Gasteiger partial charge on any atom is -0.341 e. The zero-order valence-corrected chi connectivity index (χ0v) is 6.90. The second-order valence-corrected chi connectivity index (χ2v) is 2.30. The zero-order chi connectivity index (χ0) is 9.84. The van der Waals surface area contributed by atoms with Crippen LogP contribution in [0.5, 0.6) is 0 Å². The highest BCUT2D eigenvalue weighted by Gasteiger charge is 2.09. The lowest BCUT2D eigenvalue weighted by atomic mass is 10.3. The van der Waals surface area contributed by atoms with Crippen LogP contribution in [0.2, 0.25) is 0 Å². The van der Waals surface area contributed by atoms with Crippen molar-refractivity contribution in [1.29, 1.82) is 0 Å². The minimum atomic E-state index is -0.802. The molecule has 1 rings (SSSR count). The number of amides is 2. The summed E-state index contributed by atoms with van der Waals surface area (Å²) in [6.45, 7) is 0. The Morgan fingerprint density at radius 2 is 1.85 bits per heavy atom. The van der Waals surface area contributed by atoms with Crippen LogP contribution in [0.25, 0.3) is 0 Å². The number of nitrogens with one attached hydrogen (secondary N) is 2. The maximum Gasteiger partial charge on any atom is 0.319 e. The highest BCUT2D eigenvalue weighted by atomic mass is 19.1. The van der Waals surface area contributed by atoms with Crippen LogP contribution in [0.15, 0.2) is 18.2 Å². The number of halogens is 2. The molecule has 0 aliphatic rings. The molecule has 0 radical (unpaired) electrons. The Morgan fingerprint density at radius 3 is 2.31 bits per heavy atom. The molecule has 13 heavy (non-hydrogen) atoms. The Hall–Kier alpha value is -1.65. The second-order valence-electron chi connectivity index (χ2n) is 2.30. The van der Waals surface area contributed by atoms with Gasteiger partial charge in [0.15, 0.2) is 0 Å². The van der Waals surface area contributed by atoms with Gasteiger partial charge >= 0.3 is 6.03 Å². The van der Waals surface area contributed by atoms with Gasteiger partial charge in [0.05, 0.1) is 0 Å². The maximum atomic E-state index is 12.9. The van der Waals surface area contributed by atoms with Crippen molar-refractivity contribution in [3.8, 4) is 0 Å². The van der Waals surface area contributed by atoms with E-state index >= 15 is 0 Å². The fraction of sp³-hybridized carbons (Fsp3) is 0.125. The molecule has 0 aliphatic heterocycles. The third kappa shape index (κ3) is 2.14. The van der Waals surface area contributed by atoms with Crippen LogP contribution in [-0.2, 0) is 0 Å². The van der Waals surface area contributed by atoms with Crippen molar-refractivity contribution in [2.45, 2.75) is 0 Å². The summed E-state index contributed by atoms with van der Waals surface area (Å²) in [4.78, 5) is 10.7. The van der Waals surface area contributed by atoms with E-state index in [1.165, 1.54) is 13.1 Å². The first-order chi connectivity index (χ1) is 6.15. The Kier molecular flexibility index (Phi) is 2.79. The summed E-state index contributed by atoms with van der Waals surface area (Å²) in [5.74, 6) is -1.60. The molecule has 0 heterocycles. The van der Waals surface area contributed by atoms with Gasteiger partial charge in [0.1, 0.15) is 17.3 Å². The van der Waals surface area contributed by atoms with Gasteiger partial charge in [-0.25, -0.2) is 13.6 Å². The zero-order valence-electron chi connectivity index (χ0n) is 6.90. The second kappa shape index (κ2) is 3.84. The summed E-state index contributed by atoms with van der Waals surface area (Å²) in [5, 5.41) is 4.21. The molecule has 2 amide bonds. The number of urea groups is 1. The number of hydrogen-bond acceptors (Lipinski definition) is 1. The van der Waals surface area contributed by atoms with Crippen LogP contribution in [0, 0.1) is 11.6 Å². The van der Waals surface area contributed by atoms with Crippen molar-refractivity contribution in [3.63, 3.8) is 0 Å². The lowest BCUT2D eigenvalue weighted by Crippen LogP contribution is -2.25. The van der Waals surface area contributed by atoms with E-state index < -0.39 is 23.4 Å². The van der Waals surface area contributed by atoms with Gasteiger partial charge in [-0.1, -0.05) is 6.07 Å². The first-order valence-electron chi connectivity index (χ1n) is 3.58. The third-order valence-electron chi connectivity index (χ3n) is 1.43.